The summed E-state index contributed by atoms with van der Waals surface area (Å²) in [6.45, 7) is 4.03. The van der Waals surface area contributed by atoms with Crippen LogP contribution < -0.4 is 5.32 Å². The van der Waals surface area contributed by atoms with Crippen molar-refractivity contribution in [2.75, 3.05) is 5.32 Å². The molecule has 0 unspecified atom stereocenters. The number of benzene rings is 1. The fraction of sp³-hybridized carbons (Fsp3) is 0.421. The molecular formula is C19H22FN3S. The van der Waals surface area contributed by atoms with Crippen molar-refractivity contribution in [3.05, 3.63) is 40.7 Å². The average Bonchev–Trinajstić information content (AvgIpc) is 3.10. The number of anilines is 1. The Morgan fingerprint density at radius 2 is 2.00 bits per heavy atom. The van der Waals surface area contributed by atoms with Crippen LogP contribution in [-0.4, -0.2) is 15.4 Å². The van der Waals surface area contributed by atoms with Crippen molar-refractivity contribution < 1.29 is 4.39 Å². The van der Waals surface area contributed by atoms with E-state index in [1.165, 1.54) is 38.2 Å². The molecule has 0 bridgehead atoms. The number of halogens is 1. The second-order valence-corrected chi connectivity index (χ2v) is 7.55. The maximum absolute atomic E-state index is 14.6. The molecule has 3 aromatic rings. The van der Waals surface area contributed by atoms with Crippen molar-refractivity contribution in [2.24, 2.45) is 0 Å². The maximum Gasteiger partial charge on any atom is 0.196 e. The number of thiazole rings is 1. The summed E-state index contributed by atoms with van der Waals surface area (Å²) >= 11 is 1.61. The third-order valence-corrected chi connectivity index (χ3v) is 5.88. The minimum Gasteiger partial charge on any atom is -0.367 e. The molecule has 1 aromatic carbocycles. The van der Waals surface area contributed by atoms with Crippen molar-refractivity contribution in [3.63, 3.8) is 0 Å². The van der Waals surface area contributed by atoms with Gasteiger partial charge in [0.15, 0.2) is 4.96 Å². The van der Waals surface area contributed by atoms with Crippen LogP contribution >= 0.6 is 11.3 Å². The molecule has 0 amide bonds. The number of aryl methyl sites for hydroxylation is 2. The summed E-state index contributed by atoms with van der Waals surface area (Å²) in [5.74, 6) is 0.744. The summed E-state index contributed by atoms with van der Waals surface area (Å²) in [5.41, 5.74) is 3.42. The molecule has 24 heavy (non-hydrogen) atoms. The van der Waals surface area contributed by atoms with Crippen LogP contribution in [-0.2, 0) is 0 Å². The van der Waals surface area contributed by atoms with Crippen molar-refractivity contribution in [2.45, 2.75) is 52.0 Å². The Bertz CT molecular complexity index is 854. The van der Waals surface area contributed by atoms with Gasteiger partial charge in [0, 0.05) is 22.7 Å². The summed E-state index contributed by atoms with van der Waals surface area (Å²) in [6.07, 6.45) is 6.18. The lowest BCUT2D eigenvalue weighted by Crippen LogP contribution is -2.23. The summed E-state index contributed by atoms with van der Waals surface area (Å²) in [7, 11) is 0. The first kappa shape index (κ1) is 15.6. The van der Waals surface area contributed by atoms with Crippen LogP contribution in [0, 0.1) is 19.7 Å². The van der Waals surface area contributed by atoms with Gasteiger partial charge in [0.1, 0.15) is 17.3 Å². The van der Waals surface area contributed by atoms with Crippen molar-refractivity contribution in [1.82, 2.24) is 9.38 Å². The molecule has 1 aliphatic rings. The van der Waals surface area contributed by atoms with Crippen LogP contribution in [0.1, 0.15) is 43.4 Å². The van der Waals surface area contributed by atoms with E-state index in [0.717, 1.165) is 27.7 Å². The molecule has 0 saturated heterocycles. The van der Waals surface area contributed by atoms with Gasteiger partial charge < -0.3 is 5.32 Å². The third kappa shape index (κ3) is 2.61. The summed E-state index contributed by atoms with van der Waals surface area (Å²) in [5, 5.41) is 5.80. The molecule has 0 aliphatic heterocycles. The first-order valence-electron chi connectivity index (χ1n) is 8.63. The predicted octanol–water partition coefficient (Wildman–Crippen LogP) is 5.56. The number of aromatic nitrogens is 2. The van der Waals surface area contributed by atoms with E-state index in [9.17, 15) is 4.39 Å². The van der Waals surface area contributed by atoms with E-state index < -0.39 is 0 Å². The zero-order valence-electron chi connectivity index (χ0n) is 14.1. The van der Waals surface area contributed by atoms with E-state index in [0.29, 0.717) is 11.6 Å². The van der Waals surface area contributed by atoms with Gasteiger partial charge in [0.25, 0.3) is 0 Å². The van der Waals surface area contributed by atoms with Crippen LogP contribution in [0.4, 0.5) is 10.2 Å². The van der Waals surface area contributed by atoms with Gasteiger partial charge in [-0.25, -0.2) is 9.37 Å². The first-order chi connectivity index (χ1) is 11.6. The van der Waals surface area contributed by atoms with Crippen LogP contribution in [0.3, 0.4) is 0 Å². The molecule has 3 nitrogen and oxygen atoms in total. The van der Waals surface area contributed by atoms with Gasteiger partial charge in [-0.2, -0.15) is 0 Å². The van der Waals surface area contributed by atoms with E-state index >= 15 is 0 Å². The quantitative estimate of drug-likeness (QED) is 0.674. The summed E-state index contributed by atoms with van der Waals surface area (Å²) < 4.78 is 16.7. The molecular weight excluding hydrogens is 321 g/mol. The highest BCUT2D eigenvalue weighted by molar-refractivity contribution is 7.15. The molecule has 4 rings (SSSR count). The molecule has 0 atom stereocenters. The largest absolute Gasteiger partial charge is 0.367 e. The molecule has 126 valence electrons. The zero-order chi connectivity index (χ0) is 16.7. The average molecular weight is 343 g/mol. The first-order valence-corrected chi connectivity index (χ1v) is 9.51. The molecule has 1 N–H and O–H groups in total. The molecule has 0 radical (unpaired) electrons. The minimum atomic E-state index is -0.204. The molecule has 1 fully saturated rings. The number of nitrogens with zero attached hydrogens (tertiary/aromatic N) is 2. The highest BCUT2D eigenvalue weighted by atomic mass is 32.1. The third-order valence-electron chi connectivity index (χ3n) is 4.94. The Morgan fingerprint density at radius 1 is 1.21 bits per heavy atom. The fourth-order valence-electron chi connectivity index (χ4n) is 3.68. The van der Waals surface area contributed by atoms with Crippen LogP contribution in [0.25, 0.3) is 16.2 Å². The minimum absolute atomic E-state index is 0.204. The van der Waals surface area contributed by atoms with Gasteiger partial charge in [-0.05, 0) is 38.3 Å². The topological polar surface area (TPSA) is 29.3 Å². The SMILES string of the molecule is Cc1cccc(F)c1-c1nc2scc(C)n2c1NC1CCCCC1. The molecule has 0 spiro atoms. The van der Waals surface area contributed by atoms with Gasteiger partial charge in [0.05, 0.1) is 0 Å². The smallest absolute Gasteiger partial charge is 0.196 e. The number of hydrogen-bond donors (Lipinski definition) is 1. The van der Waals surface area contributed by atoms with Gasteiger partial charge in [-0.1, -0.05) is 31.4 Å². The summed E-state index contributed by atoms with van der Waals surface area (Å²) in [6, 6.07) is 5.67. The van der Waals surface area contributed by atoms with E-state index in [4.69, 9.17) is 4.98 Å². The Kier molecular flexibility index (Phi) is 4.04. The van der Waals surface area contributed by atoms with Crippen LogP contribution in [0.2, 0.25) is 0 Å². The highest BCUT2D eigenvalue weighted by Gasteiger charge is 2.23. The highest BCUT2D eigenvalue weighted by Crippen LogP contribution is 2.36. The lowest BCUT2D eigenvalue weighted by Gasteiger charge is -2.24. The van der Waals surface area contributed by atoms with Crippen LogP contribution in [0.15, 0.2) is 23.6 Å². The lowest BCUT2D eigenvalue weighted by atomic mass is 9.95. The van der Waals surface area contributed by atoms with Gasteiger partial charge >= 0.3 is 0 Å². The van der Waals surface area contributed by atoms with Crippen LogP contribution in [0.5, 0.6) is 0 Å². The summed E-state index contributed by atoms with van der Waals surface area (Å²) in [4.78, 5) is 5.69. The molecule has 1 aliphatic carbocycles. The molecule has 2 aromatic heterocycles. The fourth-order valence-corrected chi connectivity index (χ4v) is 4.54. The lowest BCUT2D eigenvalue weighted by molar-refractivity contribution is 0.461. The van der Waals surface area contributed by atoms with E-state index in [1.807, 2.05) is 13.0 Å². The van der Waals surface area contributed by atoms with Crippen molar-refractivity contribution in [1.29, 1.82) is 0 Å². The van der Waals surface area contributed by atoms with E-state index in [1.54, 1.807) is 17.4 Å². The van der Waals surface area contributed by atoms with Gasteiger partial charge in [-0.15, -0.1) is 11.3 Å². The maximum atomic E-state index is 14.6. The van der Waals surface area contributed by atoms with Crippen molar-refractivity contribution >= 4 is 22.1 Å². The Morgan fingerprint density at radius 3 is 2.75 bits per heavy atom. The predicted molar refractivity (Wildman–Crippen MR) is 98.4 cm³/mol. The number of nitrogens with one attached hydrogen (secondary N) is 1. The van der Waals surface area contributed by atoms with Gasteiger partial charge in [0.2, 0.25) is 0 Å². The monoisotopic (exact) mass is 343 g/mol. The van der Waals surface area contributed by atoms with Crippen molar-refractivity contribution in [3.8, 4) is 11.3 Å². The van der Waals surface area contributed by atoms with Gasteiger partial charge in [-0.3, -0.25) is 4.40 Å². The molecule has 1 saturated carbocycles. The molecule has 5 heteroatoms. The van der Waals surface area contributed by atoms with E-state index in [2.05, 4.69) is 22.0 Å². The number of rotatable bonds is 3. The Hall–Kier alpha value is -1.88. The standard InChI is InChI=1S/C19H22FN3S/c1-12-7-6-10-15(20)16(12)17-18(21-14-8-4-3-5-9-14)23-13(2)11-24-19(23)22-17/h6-7,10-11,14,21H,3-5,8-9H2,1-2H3. The normalized spacial score (nSPS) is 16.0. The second kappa shape index (κ2) is 6.20. The Balaban J connectivity index is 1.87. The molecule has 2 heterocycles. The zero-order valence-corrected chi connectivity index (χ0v) is 14.9. The number of imidazole rings is 1. The van der Waals surface area contributed by atoms with E-state index in [-0.39, 0.29) is 5.82 Å². The number of fused-ring (bicyclic) bond motifs is 1. The second-order valence-electron chi connectivity index (χ2n) is 6.72. The Labute approximate surface area is 145 Å². The number of hydrogen-bond acceptors (Lipinski definition) is 3.